The molecule has 1 atom stereocenters. The Hall–Kier alpha value is -1.48. The topological polar surface area (TPSA) is 70.2 Å². The van der Waals surface area contributed by atoms with Gasteiger partial charge in [-0.15, -0.1) is 0 Å². The zero-order chi connectivity index (χ0) is 20.8. The van der Waals surface area contributed by atoms with Gasteiger partial charge in [-0.05, 0) is 37.7 Å². The first-order valence-corrected chi connectivity index (χ1v) is 12.6. The number of benzene rings is 1. The summed E-state index contributed by atoms with van der Waals surface area (Å²) in [6, 6.07) is 10.4. The van der Waals surface area contributed by atoms with Crippen molar-refractivity contribution in [1.29, 1.82) is 0 Å². The van der Waals surface area contributed by atoms with Crippen molar-refractivity contribution in [2.24, 2.45) is 0 Å². The Morgan fingerprint density at radius 1 is 1.07 bits per heavy atom. The number of hydrogen-bond donors (Lipinski definition) is 0. The number of ether oxygens (including phenoxy) is 1. The minimum Gasteiger partial charge on any atom is -0.379 e. The van der Waals surface area contributed by atoms with E-state index in [0.717, 1.165) is 44.3 Å². The molecule has 1 spiro atoms. The number of carbonyl (C=O) groups excluding carboxylic acids is 1. The van der Waals surface area contributed by atoms with Crippen LogP contribution in [0.2, 0.25) is 0 Å². The molecule has 3 saturated heterocycles. The molecule has 0 N–H and O–H groups in total. The highest BCUT2D eigenvalue weighted by atomic mass is 32.2. The average Bonchev–Trinajstić information content (AvgIpc) is 3.53. The molecule has 4 fully saturated rings. The smallest absolute Gasteiger partial charge is 0.237 e. The maximum atomic E-state index is 13.1. The standard InChI is InChI=1S/C22H31N3O4S/c26-21-15-25(19-8-11-24(12-9-19)30(27,28)20-6-7-20)22(10-13-29-17-22)16-23(21)14-18-4-2-1-3-5-18/h1-5,19-20H,6-17H2. The van der Waals surface area contributed by atoms with E-state index in [1.807, 2.05) is 23.1 Å². The van der Waals surface area contributed by atoms with E-state index < -0.39 is 10.0 Å². The zero-order valence-electron chi connectivity index (χ0n) is 17.4. The van der Waals surface area contributed by atoms with Gasteiger partial charge in [0.05, 0.1) is 23.9 Å². The third-order valence-electron chi connectivity index (χ3n) is 7.22. The van der Waals surface area contributed by atoms with Crippen LogP contribution in [0.5, 0.6) is 0 Å². The van der Waals surface area contributed by atoms with E-state index >= 15 is 0 Å². The molecule has 30 heavy (non-hydrogen) atoms. The molecule has 0 aromatic heterocycles. The molecule has 0 bridgehead atoms. The largest absolute Gasteiger partial charge is 0.379 e. The molecular weight excluding hydrogens is 402 g/mol. The van der Waals surface area contributed by atoms with Gasteiger partial charge in [0, 0.05) is 38.8 Å². The molecule has 0 radical (unpaired) electrons. The average molecular weight is 434 g/mol. The van der Waals surface area contributed by atoms with Crippen LogP contribution in [0.15, 0.2) is 30.3 Å². The molecule has 3 aliphatic heterocycles. The molecule has 1 aliphatic carbocycles. The lowest BCUT2D eigenvalue weighted by atomic mass is 9.88. The summed E-state index contributed by atoms with van der Waals surface area (Å²) in [5, 5.41) is -0.147. The minimum absolute atomic E-state index is 0.147. The van der Waals surface area contributed by atoms with Crippen LogP contribution < -0.4 is 0 Å². The predicted octanol–water partition coefficient (Wildman–Crippen LogP) is 1.45. The van der Waals surface area contributed by atoms with E-state index in [4.69, 9.17) is 4.74 Å². The monoisotopic (exact) mass is 433 g/mol. The van der Waals surface area contributed by atoms with Gasteiger partial charge < -0.3 is 9.64 Å². The summed E-state index contributed by atoms with van der Waals surface area (Å²) >= 11 is 0. The molecule has 8 heteroatoms. The van der Waals surface area contributed by atoms with Gasteiger partial charge in [-0.1, -0.05) is 30.3 Å². The van der Waals surface area contributed by atoms with E-state index in [1.165, 1.54) is 0 Å². The summed E-state index contributed by atoms with van der Waals surface area (Å²) < 4.78 is 32.7. The van der Waals surface area contributed by atoms with Gasteiger partial charge in [-0.2, -0.15) is 0 Å². The molecule has 5 rings (SSSR count). The molecule has 3 heterocycles. The van der Waals surface area contributed by atoms with Crippen molar-refractivity contribution < 1.29 is 17.9 Å². The highest BCUT2D eigenvalue weighted by molar-refractivity contribution is 7.90. The Balaban J connectivity index is 1.29. The Labute approximate surface area is 179 Å². The van der Waals surface area contributed by atoms with Gasteiger partial charge in [-0.25, -0.2) is 12.7 Å². The van der Waals surface area contributed by atoms with E-state index in [-0.39, 0.29) is 22.7 Å². The van der Waals surface area contributed by atoms with Crippen molar-refractivity contribution in [1.82, 2.24) is 14.1 Å². The van der Waals surface area contributed by atoms with E-state index in [2.05, 4.69) is 17.0 Å². The predicted molar refractivity (Wildman–Crippen MR) is 113 cm³/mol. The van der Waals surface area contributed by atoms with Crippen LogP contribution in [0, 0.1) is 0 Å². The Morgan fingerprint density at radius 2 is 1.80 bits per heavy atom. The van der Waals surface area contributed by atoms with Gasteiger partial charge in [-0.3, -0.25) is 9.69 Å². The number of hydrogen-bond acceptors (Lipinski definition) is 5. The van der Waals surface area contributed by atoms with Crippen molar-refractivity contribution >= 4 is 15.9 Å². The van der Waals surface area contributed by atoms with Crippen molar-refractivity contribution in [2.45, 2.75) is 55.5 Å². The molecule has 1 aromatic carbocycles. The number of piperidine rings is 1. The molecule has 4 aliphatic rings. The molecule has 1 unspecified atom stereocenters. The second-order valence-electron chi connectivity index (χ2n) is 9.26. The second-order valence-corrected chi connectivity index (χ2v) is 11.5. The quantitative estimate of drug-likeness (QED) is 0.703. The second kappa shape index (κ2) is 7.89. The van der Waals surface area contributed by atoms with Crippen LogP contribution >= 0.6 is 0 Å². The summed E-state index contributed by atoms with van der Waals surface area (Å²) in [6.45, 7) is 4.22. The summed E-state index contributed by atoms with van der Waals surface area (Å²) in [5.74, 6) is 0.157. The SMILES string of the molecule is O=C1CN(C2CCN(S(=O)(=O)C3CC3)CC2)C2(CCOC2)CN1Cc1ccccc1. The lowest BCUT2D eigenvalue weighted by Gasteiger charge is -2.52. The third-order valence-corrected chi connectivity index (χ3v) is 9.62. The normalized spacial score (nSPS) is 29.7. The van der Waals surface area contributed by atoms with Gasteiger partial charge in [0.25, 0.3) is 0 Å². The fourth-order valence-corrected chi connectivity index (χ4v) is 7.22. The third kappa shape index (κ3) is 3.79. The fourth-order valence-electron chi connectivity index (χ4n) is 5.34. The molecule has 164 valence electrons. The summed E-state index contributed by atoms with van der Waals surface area (Å²) in [6.07, 6.45) is 4.12. The summed E-state index contributed by atoms with van der Waals surface area (Å²) in [4.78, 5) is 17.4. The molecule has 1 saturated carbocycles. The van der Waals surface area contributed by atoms with Crippen LogP contribution in [0.3, 0.4) is 0 Å². The van der Waals surface area contributed by atoms with Crippen LogP contribution in [0.4, 0.5) is 0 Å². The van der Waals surface area contributed by atoms with Gasteiger partial charge in [0.15, 0.2) is 0 Å². The number of nitrogens with zero attached hydrogens (tertiary/aromatic N) is 3. The van der Waals surface area contributed by atoms with E-state index in [1.54, 1.807) is 4.31 Å². The van der Waals surface area contributed by atoms with Crippen LogP contribution in [-0.2, 0) is 26.1 Å². The maximum absolute atomic E-state index is 13.1. The fraction of sp³-hybridized carbons (Fsp3) is 0.682. The molecule has 7 nitrogen and oxygen atoms in total. The lowest BCUT2D eigenvalue weighted by molar-refractivity contribution is -0.148. The number of sulfonamides is 1. The zero-order valence-corrected chi connectivity index (χ0v) is 18.2. The highest BCUT2D eigenvalue weighted by Crippen LogP contribution is 2.37. The first kappa shape index (κ1) is 20.4. The first-order chi connectivity index (χ1) is 14.5. The van der Waals surface area contributed by atoms with E-state index in [9.17, 15) is 13.2 Å². The summed E-state index contributed by atoms with van der Waals surface area (Å²) in [5.41, 5.74) is 0.997. The molecule has 1 aromatic rings. The maximum Gasteiger partial charge on any atom is 0.237 e. The number of rotatable bonds is 5. The van der Waals surface area contributed by atoms with Crippen molar-refractivity contribution in [3.05, 3.63) is 35.9 Å². The van der Waals surface area contributed by atoms with Crippen LogP contribution in [-0.4, -0.2) is 84.7 Å². The Bertz CT molecular complexity index is 873. The van der Waals surface area contributed by atoms with Crippen molar-refractivity contribution in [3.8, 4) is 0 Å². The highest BCUT2D eigenvalue weighted by Gasteiger charge is 2.51. The van der Waals surface area contributed by atoms with Gasteiger partial charge >= 0.3 is 0 Å². The molecule has 1 amide bonds. The summed E-state index contributed by atoms with van der Waals surface area (Å²) in [7, 11) is -3.11. The van der Waals surface area contributed by atoms with E-state index in [0.29, 0.717) is 39.3 Å². The number of carbonyl (C=O) groups is 1. The minimum atomic E-state index is -3.11. The Morgan fingerprint density at radius 3 is 2.43 bits per heavy atom. The first-order valence-electron chi connectivity index (χ1n) is 11.1. The van der Waals surface area contributed by atoms with Crippen molar-refractivity contribution in [2.75, 3.05) is 39.4 Å². The van der Waals surface area contributed by atoms with Crippen molar-refractivity contribution in [3.63, 3.8) is 0 Å². The van der Waals surface area contributed by atoms with Crippen LogP contribution in [0.25, 0.3) is 0 Å². The number of piperazine rings is 1. The Kier molecular flexibility index (Phi) is 5.37. The molecular formula is C22H31N3O4S. The number of amides is 1. The lowest BCUT2D eigenvalue weighted by Crippen LogP contribution is -2.68. The van der Waals surface area contributed by atoms with Crippen LogP contribution in [0.1, 0.15) is 37.7 Å². The van der Waals surface area contributed by atoms with Gasteiger partial charge in [0.2, 0.25) is 15.9 Å². The van der Waals surface area contributed by atoms with Gasteiger partial charge in [0.1, 0.15) is 0 Å².